The van der Waals surface area contributed by atoms with Gasteiger partial charge in [-0.1, -0.05) is 12.2 Å². The van der Waals surface area contributed by atoms with Crippen LogP contribution in [0.5, 0.6) is 0 Å². The van der Waals surface area contributed by atoms with E-state index in [0.29, 0.717) is 6.04 Å². The maximum absolute atomic E-state index is 3.79. The Kier molecular flexibility index (Phi) is 1.93. The molecule has 0 radical (unpaired) electrons. The highest BCUT2D eigenvalue weighted by Crippen LogP contribution is 2.51. The standard InChI is InChI=1S/C12H19N/c1-2-4-11(5-3-1)13-12-7-9-6-10(9)8-12/h2,4,9-13H,1,3,5-8H2. The summed E-state index contributed by atoms with van der Waals surface area (Å²) in [5.74, 6) is 2.23. The fourth-order valence-corrected chi connectivity index (χ4v) is 3.10. The molecular formula is C12H19N. The van der Waals surface area contributed by atoms with Crippen molar-refractivity contribution in [2.45, 2.75) is 50.6 Å². The van der Waals surface area contributed by atoms with Crippen LogP contribution in [0.4, 0.5) is 0 Å². The van der Waals surface area contributed by atoms with E-state index in [9.17, 15) is 0 Å². The molecule has 3 aliphatic rings. The fourth-order valence-electron chi connectivity index (χ4n) is 3.10. The lowest BCUT2D eigenvalue weighted by Crippen LogP contribution is -2.36. The summed E-state index contributed by atoms with van der Waals surface area (Å²) in [6, 6.07) is 1.56. The summed E-state index contributed by atoms with van der Waals surface area (Å²) in [7, 11) is 0. The van der Waals surface area contributed by atoms with Gasteiger partial charge in [0.05, 0.1) is 0 Å². The predicted octanol–water partition coefficient (Wildman–Crippen LogP) is 2.48. The van der Waals surface area contributed by atoms with Crippen LogP contribution in [0.25, 0.3) is 0 Å². The summed E-state index contributed by atoms with van der Waals surface area (Å²) in [4.78, 5) is 0. The number of nitrogens with one attached hydrogen (secondary N) is 1. The molecule has 13 heavy (non-hydrogen) atoms. The molecule has 3 rings (SSSR count). The van der Waals surface area contributed by atoms with Gasteiger partial charge < -0.3 is 5.32 Å². The van der Waals surface area contributed by atoms with Gasteiger partial charge in [0, 0.05) is 12.1 Å². The second-order valence-corrected chi connectivity index (χ2v) is 5.06. The topological polar surface area (TPSA) is 12.0 Å². The molecule has 0 bridgehead atoms. The zero-order chi connectivity index (χ0) is 8.67. The molecule has 3 unspecified atom stereocenters. The highest BCUT2D eigenvalue weighted by molar-refractivity contribution is 5.03. The molecule has 3 aliphatic carbocycles. The average Bonchev–Trinajstić information content (AvgIpc) is 2.76. The van der Waals surface area contributed by atoms with Gasteiger partial charge in [-0.3, -0.25) is 0 Å². The first-order valence-corrected chi connectivity index (χ1v) is 5.84. The minimum atomic E-state index is 0.705. The molecule has 0 aromatic carbocycles. The van der Waals surface area contributed by atoms with Gasteiger partial charge in [-0.25, -0.2) is 0 Å². The van der Waals surface area contributed by atoms with E-state index in [-0.39, 0.29) is 0 Å². The largest absolute Gasteiger partial charge is 0.308 e. The van der Waals surface area contributed by atoms with Crippen molar-refractivity contribution in [1.29, 1.82) is 0 Å². The zero-order valence-corrected chi connectivity index (χ0v) is 8.21. The lowest BCUT2D eigenvalue weighted by molar-refractivity contribution is 0.418. The van der Waals surface area contributed by atoms with Crippen molar-refractivity contribution in [3.63, 3.8) is 0 Å². The zero-order valence-electron chi connectivity index (χ0n) is 8.21. The van der Waals surface area contributed by atoms with E-state index in [4.69, 9.17) is 0 Å². The monoisotopic (exact) mass is 177 g/mol. The molecule has 0 amide bonds. The van der Waals surface area contributed by atoms with Gasteiger partial charge in [-0.2, -0.15) is 0 Å². The minimum absolute atomic E-state index is 0.705. The first-order valence-electron chi connectivity index (χ1n) is 5.84. The van der Waals surface area contributed by atoms with E-state index in [2.05, 4.69) is 17.5 Å². The Balaban J connectivity index is 1.51. The molecule has 0 aliphatic heterocycles. The molecule has 0 saturated heterocycles. The maximum atomic E-state index is 3.79. The van der Waals surface area contributed by atoms with Gasteiger partial charge in [0.1, 0.15) is 0 Å². The summed E-state index contributed by atoms with van der Waals surface area (Å²) < 4.78 is 0. The second kappa shape index (κ2) is 3.13. The van der Waals surface area contributed by atoms with Crippen molar-refractivity contribution in [3.8, 4) is 0 Å². The molecule has 0 aromatic heterocycles. The van der Waals surface area contributed by atoms with Gasteiger partial charge in [-0.15, -0.1) is 0 Å². The van der Waals surface area contributed by atoms with E-state index in [0.717, 1.165) is 17.9 Å². The first-order chi connectivity index (χ1) is 6.42. The summed E-state index contributed by atoms with van der Waals surface area (Å²) in [5, 5.41) is 3.79. The molecule has 1 N–H and O–H groups in total. The summed E-state index contributed by atoms with van der Waals surface area (Å²) >= 11 is 0. The van der Waals surface area contributed by atoms with Crippen LogP contribution < -0.4 is 5.32 Å². The van der Waals surface area contributed by atoms with Gasteiger partial charge in [0.2, 0.25) is 0 Å². The Labute approximate surface area is 80.6 Å². The SMILES string of the molecule is C1=CC(NC2CC3CC3C2)CCC1. The van der Waals surface area contributed by atoms with Crippen LogP contribution in [0.15, 0.2) is 12.2 Å². The Hall–Kier alpha value is -0.300. The minimum Gasteiger partial charge on any atom is -0.308 e. The van der Waals surface area contributed by atoms with Crippen LogP contribution in [0.2, 0.25) is 0 Å². The van der Waals surface area contributed by atoms with Crippen molar-refractivity contribution < 1.29 is 0 Å². The Morgan fingerprint density at radius 2 is 1.92 bits per heavy atom. The van der Waals surface area contributed by atoms with Crippen molar-refractivity contribution >= 4 is 0 Å². The van der Waals surface area contributed by atoms with Gasteiger partial charge in [0.25, 0.3) is 0 Å². The van der Waals surface area contributed by atoms with Crippen LogP contribution in [-0.2, 0) is 0 Å². The third-order valence-corrected chi connectivity index (χ3v) is 3.95. The molecule has 3 atom stereocenters. The fraction of sp³-hybridized carbons (Fsp3) is 0.833. The molecular weight excluding hydrogens is 158 g/mol. The highest BCUT2D eigenvalue weighted by Gasteiger charge is 2.45. The number of fused-ring (bicyclic) bond motifs is 1. The molecule has 1 heteroatoms. The normalized spacial score (nSPS) is 47.7. The van der Waals surface area contributed by atoms with Gasteiger partial charge in [0.15, 0.2) is 0 Å². The lowest BCUT2D eigenvalue weighted by Gasteiger charge is -2.23. The van der Waals surface area contributed by atoms with Crippen molar-refractivity contribution in [1.82, 2.24) is 5.32 Å². The van der Waals surface area contributed by atoms with Crippen molar-refractivity contribution in [3.05, 3.63) is 12.2 Å². The van der Waals surface area contributed by atoms with Crippen LogP contribution in [0.1, 0.15) is 38.5 Å². The number of hydrogen-bond donors (Lipinski definition) is 1. The van der Waals surface area contributed by atoms with Gasteiger partial charge >= 0.3 is 0 Å². The van der Waals surface area contributed by atoms with Crippen LogP contribution in [0, 0.1) is 11.8 Å². The summed E-state index contributed by atoms with van der Waals surface area (Å²) in [6.45, 7) is 0. The van der Waals surface area contributed by atoms with Crippen LogP contribution >= 0.6 is 0 Å². The second-order valence-electron chi connectivity index (χ2n) is 5.06. The Bertz CT molecular complexity index is 211. The molecule has 0 spiro atoms. The van der Waals surface area contributed by atoms with E-state index in [1.807, 2.05) is 0 Å². The highest BCUT2D eigenvalue weighted by atomic mass is 15.0. The van der Waals surface area contributed by atoms with Crippen molar-refractivity contribution in [2.24, 2.45) is 11.8 Å². The third-order valence-electron chi connectivity index (χ3n) is 3.95. The third kappa shape index (κ3) is 1.67. The number of hydrogen-bond acceptors (Lipinski definition) is 1. The molecule has 0 aromatic rings. The van der Waals surface area contributed by atoms with E-state index < -0.39 is 0 Å². The molecule has 72 valence electrons. The summed E-state index contributed by atoms with van der Waals surface area (Å²) in [5.41, 5.74) is 0. The molecule has 0 heterocycles. The predicted molar refractivity (Wildman–Crippen MR) is 54.5 cm³/mol. The van der Waals surface area contributed by atoms with Crippen LogP contribution in [-0.4, -0.2) is 12.1 Å². The number of allylic oxidation sites excluding steroid dienone is 1. The van der Waals surface area contributed by atoms with E-state index in [1.165, 1.54) is 32.1 Å². The quantitative estimate of drug-likeness (QED) is 0.639. The van der Waals surface area contributed by atoms with E-state index >= 15 is 0 Å². The number of rotatable bonds is 2. The lowest BCUT2D eigenvalue weighted by atomic mass is 10.0. The molecule has 2 fully saturated rings. The average molecular weight is 177 g/mol. The molecule has 2 saturated carbocycles. The van der Waals surface area contributed by atoms with Crippen LogP contribution in [0.3, 0.4) is 0 Å². The summed E-state index contributed by atoms with van der Waals surface area (Å²) in [6.07, 6.45) is 13.2. The maximum Gasteiger partial charge on any atom is 0.0252 e. The Morgan fingerprint density at radius 3 is 2.62 bits per heavy atom. The van der Waals surface area contributed by atoms with E-state index in [1.54, 1.807) is 6.42 Å². The Morgan fingerprint density at radius 1 is 1.08 bits per heavy atom. The molecule has 1 nitrogen and oxygen atoms in total. The first kappa shape index (κ1) is 8.05. The van der Waals surface area contributed by atoms with Crippen molar-refractivity contribution in [2.75, 3.05) is 0 Å². The smallest absolute Gasteiger partial charge is 0.0252 e. The van der Waals surface area contributed by atoms with Gasteiger partial charge in [-0.05, 0) is 50.4 Å².